The fourth-order valence-corrected chi connectivity index (χ4v) is 4.21. The molecule has 3 rings (SSSR count). The fourth-order valence-electron chi connectivity index (χ4n) is 2.38. The number of aromatic nitrogens is 1. The number of β-amino-alcohol motifs (C(OH)–C–C–N with tert-alkyl or cyclic N) is 1. The number of aliphatic hydroxyl groups is 1. The molecule has 4 nitrogen and oxygen atoms in total. The number of thiazole rings is 1. The van der Waals surface area contributed by atoms with Gasteiger partial charge in [-0.05, 0) is 31.2 Å². The first-order valence-electron chi connectivity index (χ1n) is 6.64. The van der Waals surface area contributed by atoms with Crippen molar-refractivity contribution in [2.24, 2.45) is 0 Å². The van der Waals surface area contributed by atoms with Crippen molar-refractivity contribution in [1.82, 2.24) is 9.88 Å². The van der Waals surface area contributed by atoms with Gasteiger partial charge in [-0.15, -0.1) is 22.7 Å². The lowest BCUT2D eigenvalue weighted by atomic mass is 10.1. The molecular formula is C14H16N2O2S2. The van der Waals surface area contributed by atoms with E-state index < -0.39 is 6.10 Å². The van der Waals surface area contributed by atoms with Gasteiger partial charge < -0.3 is 10.0 Å². The van der Waals surface area contributed by atoms with Gasteiger partial charge in [-0.2, -0.15) is 0 Å². The number of hydrogen-bond donors (Lipinski definition) is 1. The highest BCUT2D eigenvalue weighted by Crippen LogP contribution is 2.32. The van der Waals surface area contributed by atoms with Crippen LogP contribution in [0.4, 0.5) is 0 Å². The SMILES string of the molecule is Cc1nc(-c2cccs2)sc1C(=O)N1CCC[C@H](O)C1. The topological polar surface area (TPSA) is 53.4 Å². The Balaban J connectivity index is 1.85. The van der Waals surface area contributed by atoms with Crippen LogP contribution >= 0.6 is 22.7 Å². The van der Waals surface area contributed by atoms with Crippen LogP contribution in [0.15, 0.2) is 17.5 Å². The van der Waals surface area contributed by atoms with Crippen LogP contribution in [0.25, 0.3) is 9.88 Å². The summed E-state index contributed by atoms with van der Waals surface area (Å²) in [5.41, 5.74) is 0.781. The van der Waals surface area contributed by atoms with E-state index in [9.17, 15) is 9.90 Å². The summed E-state index contributed by atoms with van der Waals surface area (Å²) in [5, 5.41) is 12.6. The van der Waals surface area contributed by atoms with Crippen molar-refractivity contribution < 1.29 is 9.90 Å². The molecule has 1 saturated heterocycles. The first kappa shape index (κ1) is 13.7. The summed E-state index contributed by atoms with van der Waals surface area (Å²) in [4.78, 5) is 20.6. The quantitative estimate of drug-likeness (QED) is 0.928. The first-order valence-corrected chi connectivity index (χ1v) is 8.33. The summed E-state index contributed by atoms with van der Waals surface area (Å²) >= 11 is 3.08. The number of piperidine rings is 1. The molecule has 2 aromatic heterocycles. The van der Waals surface area contributed by atoms with E-state index in [-0.39, 0.29) is 5.91 Å². The second-order valence-corrected chi connectivity index (χ2v) is 6.90. The Bertz CT molecular complexity index is 607. The highest BCUT2D eigenvalue weighted by molar-refractivity contribution is 7.22. The number of thiophene rings is 1. The maximum absolute atomic E-state index is 12.5. The monoisotopic (exact) mass is 308 g/mol. The van der Waals surface area contributed by atoms with Crippen LogP contribution in [0, 0.1) is 6.92 Å². The average molecular weight is 308 g/mol. The molecule has 1 atom stereocenters. The minimum atomic E-state index is -0.391. The lowest BCUT2D eigenvalue weighted by Gasteiger charge is -2.29. The Labute approximate surface area is 125 Å². The predicted octanol–water partition coefficient (Wildman–Crippen LogP) is 2.78. The number of likely N-dealkylation sites (tertiary alicyclic amines) is 1. The molecule has 3 heterocycles. The van der Waals surface area contributed by atoms with Crippen LogP contribution < -0.4 is 0 Å². The highest BCUT2D eigenvalue weighted by atomic mass is 32.1. The molecule has 20 heavy (non-hydrogen) atoms. The second-order valence-electron chi connectivity index (χ2n) is 4.96. The van der Waals surface area contributed by atoms with E-state index in [2.05, 4.69) is 4.98 Å². The molecule has 0 unspecified atom stereocenters. The van der Waals surface area contributed by atoms with Gasteiger partial charge in [-0.1, -0.05) is 6.07 Å². The molecule has 0 spiro atoms. The van der Waals surface area contributed by atoms with E-state index in [1.54, 1.807) is 16.2 Å². The summed E-state index contributed by atoms with van der Waals surface area (Å²) in [6.45, 7) is 3.04. The molecule has 2 aromatic rings. The molecule has 1 aliphatic rings. The number of nitrogens with zero attached hydrogens (tertiary/aromatic N) is 2. The molecule has 0 aromatic carbocycles. The lowest BCUT2D eigenvalue weighted by Crippen LogP contribution is -2.42. The smallest absolute Gasteiger partial charge is 0.265 e. The highest BCUT2D eigenvalue weighted by Gasteiger charge is 2.26. The number of aliphatic hydroxyl groups excluding tert-OH is 1. The van der Waals surface area contributed by atoms with Crippen LogP contribution in [0.3, 0.4) is 0 Å². The third kappa shape index (κ3) is 2.63. The van der Waals surface area contributed by atoms with Crippen LogP contribution in [0.5, 0.6) is 0 Å². The average Bonchev–Trinajstić information content (AvgIpc) is 3.07. The maximum Gasteiger partial charge on any atom is 0.265 e. The zero-order valence-electron chi connectivity index (χ0n) is 11.2. The van der Waals surface area contributed by atoms with E-state index in [1.807, 2.05) is 24.4 Å². The van der Waals surface area contributed by atoms with Gasteiger partial charge in [0.2, 0.25) is 0 Å². The van der Waals surface area contributed by atoms with Gasteiger partial charge in [-0.25, -0.2) is 4.98 Å². The van der Waals surface area contributed by atoms with Crippen molar-refractivity contribution in [1.29, 1.82) is 0 Å². The molecule has 1 aliphatic heterocycles. The molecule has 1 fully saturated rings. The first-order chi connectivity index (χ1) is 9.65. The van der Waals surface area contributed by atoms with Crippen molar-refractivity contribution >= 4 is 28.6 Å². The molecule has 6 heteroatoms. The summed E-state index contributed by atoms with van der Waals surface area (Å²) in [7, 11) is 0. The van der Waals surface area contributed by atoms with Gasteiger partial charge in [0.25, 0.3) is 5.91 Å². The number of rotatable bonds is 2. The summed E-state index contributed by atoms with van der Waals surface area (Å²) in [6.07, 6.45) is 1.26. The van der Waals surface area contributed by atoms with E-state index in [0.29, 0.717) is 11.4 Å². The van der Waals surface area contributed by atoms with Crippen molar-refractivity contribution in [2.45, 2.75) is 25.9 Å². The minimum Gasteiger partial charge on any atom is -0.391 e. The van der Waals surface area contributed by atoms with E-state index in [4.69, 9.17) is 0 Å². The standard InChI is InChI=1S/C14H16N2O2S2/c1-9-12(14(18)16-6-2-4-10(17)8-16)20-13(15-9)11-5-3-7-19-11/h3,5,7,10,17H,2,4,6,8H2,1H3/t10-/m0/s1. The Morgan fingerprint density at radius 2 is 2.40 bits per heavy atom. The third-order valence-electron chi connectivity index (χ3n) is 3.41. The molecule has 0 bridgehead atoms. The van der Waals surface area contributed by atoms with E-state index in [0.717, 1.165) is 35.0 Å². The number of amides is 1. The third-order valence-corrected chi connectivity index (χ3v) is 5.59. The molecule has 0 aliphatic carbocycles. The van der Waals surface area contributed by atoms with Crippen molar-refractivity contribution in [3.8, 4) is 9.88 Å². The van der Waals surface area contributed by atoms with E-state index >= 15 is 0 Å². The number of aryl methyl sites for hydroxylation is 1. The molecule has 0 radical (unpaired) electrons. The Kier molecular flexibility index (Phi) is 3.87. The molecule has 106 valence electrons. The summed E-state index contributed by atoms with van der Waals surface area (Å²) < 4.78 is 0. The largest absolute Gasteiger partial charge is 0.391 e. The van der Waals surface area contributed by atoms with Gasteiger partial charge in [0, 0.05) is 13.1 Å². The van der Waals surface area contributed by atoms with Gasteiger partial charge in [0.1, 0.15) is 9.88 Å². The minimum absolute atomic E-state index is 0.00144. The Morgan fingerprint density at radius 1 is 1.55 bits per heavy atom. The Morgan fingerprint density at radius 3 is 3.10 bits per heavy atom. The number of carbonyl (C=O) groups is 1. The number of hydrogen-bond acceptors (Lipinski definition) is 5. The zero-order chi connectivity index (χ0) is 14.1. The molecule has 1 N–H and O–H groups in total. The van der Waals surface area contributed by atoms with E-state index in [1.165, 1.54) is 11.3 Å². The van der Waals surface area contributed by atoms with Crippen molar-refractivity contribution in [2.75, 3.05) is 13.1 Å². The molecule has 1 amide bonds. The number of carbonyl (C=O) groups excluding carboxylic acids is 1. The maximum atomic E-state index is 12.5. The van der Waals surface area contributed by atoms with Crippen LogP contribution in [0.2, 0.25) is 0 Å². The van der Waals surface area contributed by atoms with Crippen LogP contribution in [-0.2, 0) is 0 Å². The van der Waals surface area contributed by atoms with Crippen molar-refractivity contribution in [3.05, 3.63) is 28.1 Å². The normalized spacial score (nSPS) is 19.3. The summed E-state index contributed by atoms with van der Waals surface area (Å²) in [5.74, 6) is 0.00144. The van der Waals surface area contributed by atoms with Crippen LogP contribution in [-0.4, -0.2) is 40.1 Å². The lowest BCUT2D eigenvalue weighted by molar-refractivity contribution is 0.0477. The molecule has 0 saturated carbocycles. The van der Waals surface area contributed by atoms with Gasteiger partial charge in [0.15, 0.2) is 0 Å². The second kappa shape index (κ2) is 5.63. The fraction of sp³-hybridized carbons (Fsp3) is 0.429. The molecular weight excluding hydrogens is 292 g/mol. The predicted molar refractivity (Wildman–Crippen MR) is 81.3 cm³/mol. The Hall–Kier alpha value is -1.24. The van der Waals surface area contributed by atoms with Crippen molar-refractivity contribution in [3.63, 3.8) is 0 Å². The summed E-state index contributed by atoms with van der Waals surface area (Å²) in [6, 6.07) is 4.00. The van der Waals surface area contributed by atoms with Gasteiger partial charge in [0.05, 0.1) is 16.7 Å². The zero-order valence-corrected chi connectivity index (χ0v) is 12.8. The van der Waals surface area contributed by atoms with Gasteiger partial charge >= 0.3 is 0 Å². The van der Waals surface area contributed by atoms with Crippen LogP contribution in [0.1, 0.15) is 28.2 Å². The van der Waals surface area contributed by atoms with Gasteiger partial charge in [-0.3, -0.25) is 4.79 Å².